The van der Waals surface area contributed by atoms with Gasteiger partial charge in [0.1, 0.15) is 5.60 Å². The number of hydrogen-bond acceptors (Lipinski definition) is 4. The van der Waals surface area contributed by atoms with Gasteiger partial charge in [-0.15, -0.1) is 0 Å². The monoisotopic (exact) mass is 308 g/mol. The van der Waals surface area contributed by atoms with Gasteiger partial charge >= 0.3 is 13.6 Å². The van der Waals surface area contributed by atoms with Crippen molar-refractivity contribution < 1.29 is 28.6 Å². The molecule has 118 valence electrons. The first kappa shape index (κ1) is 19.3. The summed E-state index contributed by atoms with van der Waals surface area (Å²) in [6, 6.07) is 0. The molecule has 0 saturated carbocycles. The SMILES string of the molecule is C=C(C)C(=O)OC(C)(CC)CCOC(C)(C)P(=O)(O)O. The van der Waals surface area contributed by atoms with Crippen molar-refractivity contribution in [2.45, 2.75) is 58.4 Å². The van der Waals surface area contributed by atoms with Gasteiger partial charge in [0.2, 0.25) is 0 Å². The van der Waals surface area contributed by atoms with E-state index in [1.54, 1.807) is 13.8 Å². The quantitative estimate of drug-likeness (QED) is 0.407. The lowest BCUT2D eigenvalue weighted by molar-refractivity contribution is -0.156. The van der Waals surface area contributed by atoms with E-state index in [-0.39, 0.29) is 6.61 Å². The molecule has 0 aromatic heterocycles. The molecule has 1 atom stereocenters. The van der Waals surface area contributed by atoms with Gasteiger partial charge in [-0.05, 0) is 34.1 Å². The average Bonchev–Trinajstić information content (AvgIpc) is 2.26. The molecule has 0 aliphatic rings. The summed E-state index contributed by atoms with van der Waals surface area (Å²) in [7, 11) is -4.35. The van der Waals surface area contributed by atoms with Crippen molar-refractivity contribution in [3.8, 4) is 0 Å². The van der Waals surface area contributed by atoms with E-state index >= 15 is 0 Å². The van der Waals surface area contributed by atoms with Gasteiger partial charge in [0.15, 0.2) is 5.34 Å². The van der Waals surface area contributed by atoms with Crippen molar-refractivity contribution in [3.05, 3.63) is 12.2 Å². The fraction of sp³-hybridized carbons (Fsp3) is 0.769. The highest BCUT2D eigenvalue weighted by Gasteiger charge is 2.39. The topological polar surface area (TPSA) is 93.1 Å². The molecule has 0 spiro atoms. The zero-order valence-electron chi connectivity index (χ0n) is 12.8. The Kier molecular flexibility index (Phi) is 6.62. The Morgan fingerprint density at radius 2 is 1.80 bits per heavy atom. The molecular weight excluding hydrogens is 283 g/mol. The molecule has 0 rings (SSSR count). The van der Waals surface area contributed by atoms with Crippen LogP contribution in [0.4, 0.5) is 0 Å². The van der Waals surface area contributed by atoms with Gasteiger partial charge in [-0.3, -0.25) is 4.57 Å². The third-order valence-corrected chi connectivity index (χ3v) is 4.76. The standard InChI is InChI=1S/C13H25O6P/c1-7-13(6,19-11(14)10(2)3)8-9-18-12(4,5)20(15,16)17/h2,7-9H2,1,3-6H3,(H2,15,16,17). The van der Waals surface area contributed by atoms with Crippen LogP contribution >= 0.6 is 7.60 Å². The van der Waals surface area contributed by atoms with Gasteiger partial charge in [-0.25, -0.2) is 4.79 Å². The van der Waals surface area contributed by atoms with Crippen molar-refractivity contribution in [2.24, 2.45) is 0 Å². The molecule has 0 aliphatic heterocycles. The summed E-state index contributed by atoms with van der Waals surface area (Å²) in [5.74, 6) is -0.483. The van der Waals surface area contributed by atoms with E-state index in [4.69, 9.17) is 19.3 Å². The van der Waals surface area contributed by atoms with Crippen LogP contribution in [0.5, 0.6) is 0 Å². The van der Waals surface area contributed by atoms with E-state index in [0.29, 0.717) is 18.4 Å². The minimum absolute atomic E-state index is 0.0753. The maximum Gasteiger partial charge on any atom is 0.356 e. The molecule has 0 aromatic carbocycles. The van der Waals surface area contributed by atoms with Gasteiger partial charge in [-0.1, -0.05) is 13.5 Å². The van der Waals surface area contributed by atoms with Crippen LogP contribution in [0.3, 0.4) is 0 Å². The molecule has 20 heavy (non-hydrogen) atoms. The molecule has 0 radical (unpaired) electrons. The van der Waals surface area contributed by atoms with E-state index in [1.165, 1.54) is 13.8 Å². The second-order valence-corrected chi connectivity index (χ2v) is 7.73. The predicted molar refractivity (Wildman–Crippen MR) is 76.3 cm³/mol. The summed E-state index contributed by atoms with van der Waals surface area (Å²) >= 11 is 0. The Labute approximate surface area is 120 Å². The van der Waals surface area contributed by atoms with Crippen molar-refractivity contribution in [1.29, 1.82) is 0 Å². The number of ether oxygens (including phenoxy) is 2. The fourth-order valence-electron chi connectivity index (χ4n) is 1.21. The van der Waals surface area contributed by atoms with Crippen LogP contribution in [0, 0.1) is 0 Å². The normalized spacial score (nSPS) is 15.6. The second kappa shape index (κ2) is 6.85. The van der Waals surface area contributed by atoms with Crippen LogP contribution in [0.1, 0.15) is 47.5 Å². The highest BCUT2D eigenvalue weighted by molar-refractivity contribution is 7.53. The summed E-state index contributed by atoms with van der Waals surface area (Å²) in [5.41, 5.74) is -0.442. The van der Waals surface area contributed by atoms with Crippen molar-refractivity contribution >= 4 is 13.6 Å². The number of esters is 1. The molecule has 0 fully saturated rings. The minimum Gasteiger partial charge on any atom is -0.456 e. The Balaban J connectivity index is 4.57. The molecule has 0 aliphatic carbocycles. The summed E-state index contributed by atoms with van der Waals surface area (Å²) < 4.78 is 21.8. The first-order valence-corrected chi connectivity index (χ1v) is 8.04. The molecule has 0 heterocycles. The first-order valence-electron chi connectivity index (χ1n) is 6.43. The molecule has 2 N–H and O–H groups in total. The molecule has 0 saturated heterocycles. The Bertz CT molecular complexity index is 411. The fourth-order valence-corrected chi connectivity index (χ4v) is 1.47. The zero-order valence-corrected chi connectivity index (χ0v) is 13.7. The molecule has 1 unspecified atom stereocenters. The van der Waals surface area contributed by atoms with Gasteiger partial charge in [-0.2, -0.15) is 0 Å². The third kappa shape index (κ3) is 5.75. The van der Waals surface area contributed by atoms with Crippen LogP contribution in [0.15, 0.2) is 12.2 Å². The molecule has 7 heteroatoms. The van der Waals surface area contributed by atoms with Crippen molar-refractivity contribution in [3.63, 3.8) is 0 Å². The van der Waals surface area contributed by atoms with Crippen molar-refractivity contribution in [2.75, 3.05) is 6.61 Å². The lowest BCUT2D eigenvalue weighted by atomic mass is 9.99. The van der Waals surface area contributed by atoms with Crippen LogP contribution in [0.25, 0.3) is 0 Å². The Morgan fingerprint density at radius 3 is 2.15 bits per heavy atom. The Hall–Kier alpha value is -0.680. The number of carbonyl (C=O) groups is 1. The van der Waals surface area contributed by atoms with E-state index in [2.05, 4.69) is 6.58 Å². The molecule has 0 aromatic rings. The molecule has 0 bridgehead atoms. The van der Waals surface area contributed by atoms with Crippen LogP contribution in [-0.2, 0) is 18.8 Å². The summed E-state index contributed by atoms with van der Waals surface area (Å²) in [6.45, 7) is 11.4. The number of carbonyl (C=O) groups excluding carboxylic acids is 1. The minimum atomic E-state index is -4.35. The van der Waals surface area contributed by atoms with Gasteiger partial charge in [0, 0.05) is 12.0 Å². The summed E-state index contributed by atoms with van der Waals surface area (Å²) in [4.78, 5) is 29.8. The molecule has 6 nitrogen and oxygen atoms in total. The lowest BCUT2D eigenvalue weighted by Crippen LogP contribution is -2.34. The van der Waals surface area contributed by atoms with E-state index < -0.39 is 24.5 Å². The lowest BCUT2D eigenvalue weighted by Gasteiger charge is -2.31. The number of rotatable bonds is 8. The largest absolute Gasteiger partial charge is 0.456 e. The van der Waals surface area contributed by atoms with E-state index in [9.17, 15) is 9.36 Å². The smallest absolute Gasteiger partial charge is 0.356 e. The molecule has 0 amide bonds. The molecular formula is C13H25O6P. The maximum absolute atomic E-state index is 11.5. The summed E-state index contributed by atoms with van der Waals surface area (Å²) in [5, 5.41) is -1.56. The highest BCUT2D eigenvalue weighted by Crippen LogP contribution is 2.50. The first-order chi connectivity index (χ1) is 8.84. The number of hydrogen-bond donors (Lipinski definition) is 2. The van der Waals surface area contributed by atoms with Crippen LogP contribution in [0.2, 0.25) is 0 Å². The van der Waals surface area contributed by atoms with Gasteiger partial charge in [0.25, 0.3) is 0 Å². The van der Waals surface area contributed by atoms with Crippen LogP contribution in [-0.4, -0.2) is 33.3 Å². The Morgan fingerprint density at radius 1 is 1.30 bits per heavy atom. The van der Waals surface area contributed by atoms with Gasteiger partial charge < -0.3 is 19.3 Å². The van der Waals surface area contributed by atoms with Gasteiger partial charge in [0.05, 0.1) is 6.61 Å². The predicted octanol–water partition coefficient (Wildman–Crippen LogP) is 2.59. The highest BCUT2D eigenvalue weighted by atomic mass is 31.2. The van der Waals surface area contributed by atoms with Crippen molar-refractivity contribution in [1.82, 2.24) is 0 Å². The summed E-state index contributed by atoms with van der Waals surface area (Å²) in [6.07, 6.45) is 0.900. The van der Waals surface area contributed by atoms with E-state index in [0.717, 1.165) is 0 Å². The van der Waals surface area contributed by atoms with E-state index in [1.807, 2.05) is 6.92 Å². The third-order valence-electron chi connectivity index (χ3n) is 3.22. The average molecular weight is 308 g/mol. The van der Waals surface area contributed by atoms with Crippen LogP contribution < -0.4 is 0 Å². The zero-order chi connectivity index (χ0) is 16.2. The maximum atomic E-state index is 11.5. The second-order valence-electron chi connectivity index (χ2n) is 5.56.